The maximum absolute atomic E-state index is 8.94. The molecule has 0 unspecified atom stereocenters. The third-order valence-electron chi connectivity index (χ3n) is 4.26. The molecule has 0 aromatic carbocycles. The van der Waals surface area contributed by atoms with E-state index in [1.54, 1.807) is 0 Å². The molecule has 0 atom stereocenters. The van der Waals surface area contributed by atoms with Crippen molar-refractivity contribution in [3.63, 3.8) is 0 Å². The number of nitrogen functional groups attached to an aromatic ring is 1. The summed E-state index contributed by atoms with van der Waals surface area (Å²) in [4.78, 5) is 3.08. The van der Waals surface area contributed by atoms with Crippen LogP contribution in [0.2, 0.25) is 0 Å². The monoisotopic (exact) mass is 247 g/mol. The highest BCUT2D eigenvalue weighted by molar-refractivity contribution is 7.17. The molecule has 17 heavy (non-hydrogen) atoms. The molecule has 3 nitrogen and oxygen atoms in total. The molecule has 3 rings (SSSR count). The normalized spacial score (nSPS) is 22.2. The zero-order chi connectivity index (χ0) is 11.9. The quantitative estimate of drug-likeness (QED) is 0.830. The van der Waals surface area contributed by atoms with Gasteiger partial charge in [0.05, 0.1) is 10.7 Å². The first-order chi connectivity index (χ1) is 8.22. The zero-order valence-corrected chi connectivity index (χ0v) is 10.7. The minimum Gasteiger partial charge on any atom is -0.397 e. The first kappa shape index (κ1) is 10.9. The summed E-state index contributed by atoms with van der Waals surface area (Å²) >= 11 is 1.54. The molecule has 2 fully saturated rings. The van der Waals surface area contributed by atoms with E-state index in [0.717, 1.165) is 13.1 Å². The van der Waals surface area contributed by atoms with Crippen molar-refractivity contribution in [3.05, 3.63) is 10.9 Å². The summed E-state index contributed by atoms with van der Waals surface area (Å²) < 4.78 is 0. The topological polar surface area (TPSA) is 53.0 Å². The largest absolute Gasteiger partial charge is 0.397 e. The van der Waals surface area contributed by atoms with Crippen molar-refractivity contribution < 1.29 is 0 Å². The van der Waals surface area contributed by atoms with Gasteiger partial charge in [-0.05, 0) is 30.7 Å². The van der Waals surface area contributed by atoms with Crippen LogP contribution in [0.4, 0.5) is 10.7 Å². The standard InChI is InChI=1S/C13H17N3S/c14-8-11-10(15)7-12(17-11)16-6-5-13(9-16)3-1-2-4-13/h7H,1-6,9,15H2. The Morgan fingerprint density at radius 2 is 2.12 bits per heavy atom. The van der Waals surface area contributed by atoms with E-state index in [9.17, 15) is 0 Å². The summed E-state index contributed by atoms with van der Waals surface area (Å²) in [6.45, 7) is 2.29. The average molecular weight is 247 g/mol. The van der Waals surface area contributed by atoms with E-state index in [2.05, 4.69) is 11.0 Å². The van der Waals surface area contributed by atoms with Gasteiger partial charge in [-0.25, -0.2) is 0 Å². The van der Waals surface area contributed by atoms with Gasteiger partial charge in [0.15, 0.2) is 0 Å². The smallest absolute Gasteiger partial charge is 0.129 e. The van der Waals surface area contributed by atoms with Gasteiger partial charge in [0.2, 0.25) is 0 Å². The van der Waals surface area contributed by atoms with Gasteiger partial charge >= 0.3 is 0 Å². The molecular weight excluding hydrogens is 230 g/mol. The van der Waals surface area contributed by atoms with E-state index in [0.29, 0.717) is 16.0 Å². The molecule has 1 aliphatic carbocycles. The fourth-order valence-corrected chi connectivity index (χ4v) is 4.19. The van der Waals surface area contributed by atoms with Crippen LogP contribution in [0, 0.1) is 16.7 Å². The van der Waals surface area contributed by atoms with Gasteiger partial charge in [-0.1, -0.05) is 12.8 Å². The van der Waals surface area contributed by atoms with Crippen molar-refractivity contribution in [1.82, 2.24) is 0 Å². The number of nitrogens with zero attached hydrogens (tertiary/aromatic N) is 2. The average Bonchev–Trinajstić information content (AvgIpc) is 3.01. The second-order valence-corrected chi connectivity index (χ2v) is 6.39. The highest BCUT2D eigenvalue weighted by Gasteiger charge is 2.40. The number of nitrogens with two attached hydrogens (primary N) is 1. The lowest BCUT2D eigenvalue weighted by atomic mass is 9.86. The molecule has 4 heteroatoms. The molecule has 1 saturated heterocycles. The van der Waals surface area contributed by atoms with Gasteiger partial charge < -0.3 is 10.6 Å². The molecule has 1 aliphatic heterocycles. The number of hydrogen-bond donors (Lipinski definition) is 1. The molecular formula is C13H17N3S. The Bertz CT molecular complexity index is 465. The van der Waals surface area contributed by atoms with Crippen LogP contribution in [-0.4, -0.2) is 13.1 Å². The lowest BCUT2D eigenvalue weighted by molar-refractivity contribution is 0.341. The minimum atomic E-state index is 0.575. The number of rotatable bonds is 1. The SMILES string of the molecule is N#Cc1sc(N2CCC3(CCCC3)C2)cc1N. The van der Waals surface area contributed by atoms with Crippen molar-refractivity contribution in [2.45, 2.75) is 32.1 Å². The number of nitriles is 1. The molecule has 2 aliphatic rings. The van der Waals surface area contributed by atoms with Crippen molar-refractivity contribution in [2.75, 3.05) is 23.7 Å². The summed E-state index contributed by atoms with van der Waals surface area (Å²) in [6.07, 6.45) is 6.87. The summed E-state index contributed by atoms with van der Waals surface area (Å²) in [5.74, 6) is 0. The van der Waals surface area contributed by atoms with Crippen LogP contribution in [0.3, 0.4) is 0 Å². The maximum Gasteiger partial charge on any atom is 0.129 e. The lowest BCUT2D eigenvalue weighted by Gasteiger charge is -2.23. The van der Waals surface area contributed by atoms with E-state index in [1.165, 1.54) is 48.4 Å². The van der Waals surface area contributed by atoms with Gasteiger partial charge in [0, 0.05) is 13.1 Å². The van der Waals surface area contributed by atoms with Crippen LogP contribution >= 0.6 is 11.3 Å². The Morgan fingerprint density at radius 3 is 2.76 bits per heavy atom. The minimum absolute atomic E-state index is 0.575. The molecule has 2 N–H and O–H groups in total. The second-order valence-electron chi connectivity index (χ2n) is 5.36. The van der Waals surface area contributed by atoms with Crippen molar-refractivity contribution in [1.29, 1.82) is 5.26 Å². The van der Waals surface area contributed by atoms with E-state index < -0.39 is 0 Å². The van der Waals surface area contributed by atoms with Crippen LogP contribution < -0.4 is 10.6 Å². The lowest BCUT2D eigenvalue weighted by Crippen LogP contribution is -2.24. The van der Waals surface area contributed by atoms with Gasteiger partial charge in [-0.15, -0.1) is 11.3 Å². The van der Waals surface area contributed by atoms with Crippen LogP contribution in [0.1, 0.15) is 37.0 Å². The number of thiophene rings is 1. The molecule has 0 bridgehead atoms. The Hall–Kier alpha value is -1.21. The Morgan fingerprint density at radius 1 is 1.35 bits per heavy atom. The molecule has 0 amide bonds. The zero-order valence-electron chi connectivity index (χ0n) is 9.91. The van der Waals surface area contributed by atoms with Crippen LogP contribution in [0.15, 0.2) is 6.07 Å². The molecule has 1 saturated carbocycles. The summed E-state index contributed by atoms with van der Waals surface area (Å²) in [5, 5.41) is 10.1. The van der Waals surface area contributed by atoms with E-state index in [-0.39, 0.29) is 0 Å². The third kappa shape index (κ3) is 1.79. The van der Waals surface area contributed by atoms with E-state index >= 15 is 0 Å². The Labute approximate surface area is 106 Å². The van der Waals surface area contributed by atoms with Gasteiger partial charge in [-0.3, -0.25) is 0 Å². The van der Waals surface area contributed by atoms with Crippen LogP contribution in [0.25, 0.3) is 0 Å². The van der Waals surface area contributed by atoms with E-state index in [1.807, 2.05) is 6.07 Å². The predicted molar refractivity (Wildman–Crippen MR) is 71.2 cm³/mol. The Kier molecular flexibility index (Phi) is 2.52. The van der Waals surface area contributed by atoms with Crippen LogP contribution in [-0.2, 0) is 0 Å². The van der Waals surface area contributed by atoms with Crippen molar-refractivity contribution >= 4 is 22.0 Å². The van der Waals surface area contributed by atoms with Gasteiger partial charge in [0.25, 0.3) is 0 Å². The molecule has 1 aromatic heterocycles. The molecule has 1 spiro atoms. The molecule has 2 heterocycles. The van der Waals surface area contributed by atoms with Crippen molar-refractivity contribution in [3.8, 4) is 6.07 Å². The molecule has 1 aromatic rings. The fraction of sp³-hybridized carbons (Fsp3) is 0.615. The van der Waals surface area contributed by atoms with Gasteiger partial charge in [-0.2, -0.15) is 5.26 Å². The molecule has 90 valence electrons. The van der Waals surface area contributed by atoms with Crippen molar-refractivity contribution in [2.24, 2.45) is 5.41 Å². The first-order valence-corrected chi connectivity index (χ1v) is 7.08. The Balaban J connectivity index is 1.80. The highest BCUT2D eigenvalue weighted by atomic mass is 32.1. The molecule has 0 radical (unpaired) electrons. The third-order valence-corrected chi connectivity index (χ3v) is 5.38. The first-order valence-electron chi connectivity index (χ1n) is 6.27. The van der Waals surface area contributed by atoms with Gasteiger partial charge in [0.1, 0.15) is 10.9 Å². The fourth-order valence-electron chi connectivity index (χ4n) is 3.29. The second kappa shape index (κ2) is 3.92. The number of anilines is 2. The van der Waals surface area contributed by atoms with E-state index in [4.69, 9.17) is 11.0 Å². The maximum atomic E-state index is 8.94. The summed E-state index contributed by atoms with van der Waals surface area (Å²) in [6, 6.07) is 4.14. The number of hydrogen-bond acceptors (Lipinski definition) is 4. The highest BCUT2D eigenvalue weighted by Crippen LogP contribution is 2.47. The van der Waals surface area contributed by atoms with Crippen LogP contribution in [0.5, 0.6) is 0 Å². The summed E-state index contributed by atoms with van der Waals surface area (Å²) in [5.41, 5.74) is 7.04. The summed E-state index contributed by atoms with van der Waals surface area (Å²) in [7, 11) is 0. The predicted octanol–water partition coefficient (Wildman–Crippen LogP) is 2.97.